The Morgan fingerprint density at radius 1 is 1.31 bits per heavy atom. The standard InChI is InChI=1S/C20H29N5O/c1-25-17(7-11-23-25)6-9-21-20(22-10-8-18-3-2-12-26-18)24-19-14-15-4-5-16(19)13-15/h2-3,7,11-12,15-16,19H,4-6,8-10,13-14H2,1H3,(H2,21,22,24). The van der Waals surface area contributed by atoms with Gasteiger partial charge in [0.2, 0.25) is 0 Å². The molecule has 0 aliphatic heterocycles. The van der Waals surface area contributed by atoms with Crippen LogP contribution >= 0.6 is 0 Å². The Morgan fingerprint density at radius 2 is 2.27 bits per heavy atom. The molecule has 2 saturated carbocycles. The van der Waals surface area contributed by atoms with Crippen LogP contribution in [0.2, 0.25) is 0 Å². The van der Waals surface area contributed by atoms with Gasteiger partial charge in [-0.3, -0.25) is 9.67 Å². The zero-order chi connectivity index (χ0) is 17.8. The molecule has 26 heavy (non-hydrogen) atoms. The molecular formula is C20H29N5O. The summed E-state index contributed by atoms with van der Waals surface area (Å²) >= 11 is 0. The van der Waals surface area contributed by atoms with Crippen molar-refractivity contribution >= 4 is 5.96 Å². The molecule has 0 radical (unpaired) electrons. The Morgan fingerprint density at radius 3 is 2.96 bits per heavy atom. The van der Waals surface area contributed by atoms with E-state index in [4.69, 9.17) is 9.41 Å². The molecule has 2 N–H and O–H groups in total. The second kappa shape index (κ2) is 7.98. The zero-order valence-electron chi connectivity index (χ0n) is 15.5. The number of nitrogens with one attached hydrogen (secondary N) is 2. The Hall–Kier alpha value is -2.24. The molecule has 2 aliphatic carbocycles. The van der Waals surface area contributed by atoms with Crippen LogP contribution in [0.1, 0.15) is 37.1 Å². The van der Waals surface area contributed by atoms with Crippen molar-refractivity contribution in [1.29, 1.82) is 0 Å². The van der Waals surface area contributed by atoms with Crippen LogP contribution in [-0.2, 0) is 19.9 Å². The van der Waals surface area contributed by atoms with Gasteiger partial charge in [-0.05, 0) is 49.3 Å². The first-order chi connectivity index (χ1) is 12.8. The second-order valence-corrected chi connectivity index (χ2v) is 7.61. The van der Waals surface area contributed by atoms with Crippen LogP contribution in [0.4, 0.5) is 0 Å². The fraction of sp³-hybridized carbons (Fsp3) is 0.600. The molecule has 2 bridgehead atoms. The summed E-state index contributed by atoms with van der Waals surface area (Å²) in [7, 11) is 1.99. The summed E-state index contributed by atoms with van der Waals surface area (Å²) in [4.78, 5) is 4.80. The minimum atomic E-state index is 0.584. The molecule has 0 spiro atoms. The van der Waals surface area contributed by atoms with Gasteiger partial charge in [0.05, 0.1) is 6.26 Å². The normalized spacial score (nSPS) is 25.0. The highest BCUT2D eigenvalue weighted by Gasteiger charge is 2.39. The highest BCUT2D eigenvalue weighted by atomic mass is 16.3. The highest BCUT2D eigenvalue weighted by Crippen LogP contribution is 2.44. The van der Waals surface area contributed by atoms with E-state index in [1.54, 1.807) is 6.26 Å². The van der Waals surface area contributed by atoms with Crippen molar-refractivity contribution in [1.82, 2.24) is 20.4 Å². The largest absolute Gasteiger partial charge is 0.469 e. The molecule has 6 heteroatoms. The maximum Gasteiger partial charge on any atom is 0.191 e. The van der Waals surface area contributed by atoms with Crippen LogP contribution in [0.3, 0.4) is 0 Å². The van der Waals surface area contributed by atoms with Gasteiger partial charge >= 0.3 is 0 Å². The van der Waals surface area contributed by atoms with Crippen LogP contribution in [0.15, 0.2) is 40.1 Å². The summed E-state index contributed by atoms with van der Waals surface area (Å²) in [5.74, 6) is 3.68. The fourth-order valence-corrected chi connectivity index (χ4v) is 4.44. The number of aliphatic imine (C=N–C) groups is 1. The Labute approximate surface area is 155 Å². The van der Waals surface area contributed by atoms with Crippen LogP contribution < -0.4 is 10.6 Å². The number of furan rings is 1. The van der Waals surface area contributed by atoms with Gasteiger partial charge in [-0.25, -0.2) is 0 Å². The molecular weight excluding hydrogens is 326 g/mol. The number of aromatic nitrogens is 2. The van der Waals surface area contributed by atoms with E-state index < -0.39 is 0 Å². The van der Waals surface area contributed by atoms with E-state index in [0.29, 0.717) is 6.04 Å². The topological polar surface area (TPSA) is 67.4 Å². The van der Waals surface area contributed by atoms with Crippen molar-refractivity contribution < 1.29 is 4.42 Å². The van der Waals surface area contributed by atoms with E-state index in [0.717, 1.165) is 49.5 Å². The van der Waals surface area contributed by atoms with Gasteiger partial charge in [0, 0.05) is 50.9 Å². The van der Waals surface area contributed by atoms with Crippen molar-refractivity contribution in [2.45, 2.75) is 44.6 Å². The van der Waals surface area contributed by atoms with Gasteiger partial charge in [-0.2, -0.15) is 5.10 Å². The number of rotatable bonds is 7. The first-order valence-electron chi connectivity index (χ1n) is 9.82. The van der Waals surface area contributed by atoms with Gasteiger partial charge in [0.25, 0.3) is 0 Å². The molecule has 0 saturated heterocycles. The van der Waals surface area contributed by atoms with Crippen LogP contribution in [0, 0.1) is 11.8 Å². The maximum atomic E-state index is 5.41. The van der Waals surface area contributed by atoms with Gasteiger partial charge in [0.15, 0.2) is 5.96 Å². The van der Waals surface area contributed by atoms with Crippen molar-refractivity contribution in [2.24, 2.45) is 23.9 Å². The maximum absolute atomic E-state index is 5.41. The first kappa shape index (κ1) is 17.2. The minimum absolute atomic E-state index is 0.584. The second-order valence-electron chi connectivity index (χ2n) is 7.61. The molecule has 3 unspecified atom stereocenters. The van der Waals surface area contributed by atoms with E-state index in [1.807, 2.05) is 30.1 Å². The zero-order valence-corrected chi connectivity index (χ0v) is 15.5. The van der Waals surface area contributed by atoms with Gasteiger partial charge in [-0.15, -0.1) is 0 Å². The number of hydrogen-bond acceptors (Lipinski definition) is 3. The first-order valence-corrected chi connectivity index (χ1v) is 9.82. The lowest BCUT2D eigenvalue weighted by molar-refractivity contribution is 0.387. The molecule has 3 atom stereocenters. The summed E-state index contributed by atoms with van der Waals surface area (Å²) in [6.07, 6.45) is 10.8. The summed E-state index contributed by atoms with van der Waals surface area (Å²) < 4.78 is 7.34. The van der Waals surface area contributed by atoms with Crippen LogP contribution in [0.25, 0.3) is 0 Å². The van der Waals surface area contributed by atoms with E-state index in [1.165, 1.54) is 31.4 Å². The lowest BCUT2D eigenvalue weighted by atomic mass is 9.95. The van der Waals surface area contributed by atoms with Crippen molar-refractivity contribution in [3.05, 3.63) is 42.1 Å². The van der Waals surface area contributed by atoms with E-state index in [-0.39, 0.29) is 0 Å². The molecule has 0 aromatic carbocycles. The molecule has 4 rings (SSSR count). The number of aryl methyl sites for hydroxylation is 1. The molecule has 2 aromatic rings. The summed E-state index contributed by atoms with van der Waals surface area (Å²) in [5.41, 5.74) is 1.23. The number of fused-ring (bicyclic) bond motifs is 2. The average Bonchev–Trinajstić information content (AvgIpc) is 3.41. The van der Waals surface area contributed by atoms with E-state index in [9.17, 15) is 0 Å². The van der Waals surface area contributed by atoms with Gasteiger partial charge in [0.1, 0.15) is 5.76 Å². The Bertz CT molecular complexity index is 720. The summed E-state index contributed by atoms with van der Waals surface area (Å²) in [6.45, 7) is 1.59. The van der Waals surface area contributed by atoms with Crippen LogP contribution in [0.5, 0.6) is 0 Å². The SMILES string of the molecule is Cn1nccc1CCNC(=NCCc1ccco1)NC1CC2CCC1C2. The molecule has 140 valence electrons. The highest BCUT2D eigenvalue weighted by molar-refractivity contribution is 5.80. The van der Waals surface area contributed by atoms with Gasteiger partial charge < -0.3 is 15.1 Å². The lowest BCUT2D eigenvalue weighted by Crippen LogP contribution is -2.46. The number of guanidine groups is 1. The van der Waals surface area contributed by atoms with Crippen molar-refractivity contribution in [2.75, 3.05) is 13.1 Å². The molecule has 2 heterocycles. The number of nitrogens with zero attached hydrogens (tertiary/aromatic N) is 3. The number of hydrogen-bond donors (Lipinski definition) is 2. The van der Waals surface area contributed by atoms with Crippen molar-refractivity contribution in [3.8, 4) is 0 Å². The third-order valence-corrected chi connectivity index (χ3v) is 5.86. The molecule has 6 nitrogen and oxygen atoms in total. The molecule has 2 aliphatic rings. The average molecular weight is 355 g/mol. The molecule has 2 fully saturated rings. The Balaban J connectivity index is 1.33. The van der Waals surface area contributed by atoms with E-state index in [2.05, 4.69) is 21.8 Å². The smallest absolute Gasteiger partial charge is 0.191 e. The summed E-state index contributed by atoms with van der Waals surface area (Å²) in [5, 5.41) is 11.5. The van der Waals surface area contributed by atoms with E-state index >= 15 is 0 Å². The predicted octanol–water partition coefficient (Wildman–Crippen LogP) is 2.52. The Kier molecular flexibility index (Phi) is 5.27. The minimum Gasteiger partial charge on any atom is -0.469 e. The predicted molar refractivity (Wildman–Crippen MR) is 102 cm³/mol. The molecule has 2 aromatic heterocycles. The quantitative estimate of drug-likeness (QED) is 0.592. The summed E-state index contributed by atoms with van der Waals surface area (Å²) in [6, 6.07) is 6.59. The van der Waals surface area contributed by atoms with Crippen LogP contribution in [-0.4, -0.2) is 34.9 Å². The third kappa shape index (κ3) is 4.11. The third-order valence-electron chi connectivity index (χ3n) is 5.86. The fourth-order valence-electron chi connectivity index (χ4n) is 4.44. The monoisotopic (exact) mass is 355 g/mol. The lowest BCUT2D eigenvalue weighted by Gasteiger charge is -2.25. The molecule has 0 amide bonds. The van der Waals surface area contributed by atoms with Gasteiger partial charge in [-0.1, -0.05) is 6.42 Å². The van der Waals surface area contributed by atoms with Crippen molar-refractivity contribution in [3.63, 3.8) is 0 Å².